The topological polar surface area (TPSA) is 186 Å². The van der Waals surface area contributed by atoms with Gasteiger partial charge in [0.1, 0.15) is 0 Å². The molecular formula is C10H18N4O8. The molecule has 0 rings (SSSR count). The molecule has 0 aromatic heterocycles. The lowest BCUT2D eigenvalue weighted by molar-refractivity contribution is -0.150. The Morgan fingerprint density at radius 2 is 1.05 bits per heavy atom. The number of carboxylic acids is 2. The van der Waals surface area contributed by atoms with Crippen LogP contribution in [-0.4, -0.2) is 83.2 Å². The molecule has 0 saturated heterocycles. The van der Waals surface area contributed by atoms with Gasteiger partial charge in [0.05, 0.1) is 26.2 Å². The van der Waals surface area contributed by atoms with Gasteiger partial charge in [0.25, 0.3) is 0 Å². The predicted molar refractivity (Wildman–Crippen MR) is 68.7 cm³/mol. The summed E-state index contributed by atoms with van der Waals surface area (Å²) in [5.74, 6) is 5.24. The van der Waals surface area contributed by atoms with Crippen LogP contribution in [-0.2, 0) is 28.9 Å². The van der Waals surface area contributed by atoms with Crippen LogP contribution in [0.4, 0.5) is 0 Å². The van der Waals surface area contributed by atoms with E-state index in [1.165, 1.54) is 9.80 Å². The molecule has 0 aliphatic rings. The van der Waals surface area contributed by atoms with Gasteiger partial charge >= 0.3 is 23.9 Å². The van der Waals surface area contributed by atoms with Gasteiger partial charge in [0.15, 0.2) is 0 Å². The largest absolute Gasteiger partial charge is 0.480 e. The van der Waals surface area contributed by atoms with Gasteiger partial charge in [-0.05, 0) is 0 Å². The minimum absolute atomic E-state index is 0.0213. The first-order chi connectivity index (χ1) is 10.3. The number of aliphatic carboxylic acids is 2. The van der Waals surface area contributed by atoms with Gasteiger partial charge in [-0.2, -0.15) is 11.8 Å². The Morgan fingerprint density at radius 3 is 1.27 bits per heavy atom. The van der Waals surface area contributed by atoms with Gasteiger partial charge in [-0.15, -0.1) is 0 Å². The van der Waals surface area contributed by atoms with Gasteiger partial charge in [-0.25, -0.2) is 9.59 Å². The molecule has 22 heavy (non-hydrogen) atoms. The van der Waals surface area contributed by atoms with Crippen molar-refractivity contribution >= 4 is 23.9 Å². The summed E-state index contributed by atoms with van der Waals surface area (Å²) in [6.45, 7) is -1.82. The van der Waals surface area contributed by atoms with Crippen LogP contribution in [0, 0.1) is 0 Å². The van der Waals surface area contributed by atoms with Crippen LogP contribution < -0.4 is 11.8 Å². The van der Waals surface area contributed by atoms with E-state index in [-0.39, 0.29) is 13.1 Å². The second-order valence-electron chi connectivity index (χ2n) is 4.19. The van der Waals surface area contributed by atoms with E-state index in [0.29, 0.717) is 0 Å². The summed E-state index contributed by atoms with van der Waals surface area (Å²) >= 11 is 0. The van der Waals surface area contributed by atoms with Crippen LogP contribution in [0.1, 0.15) is 0 Å². The Bertz CT molecular complexity index is 378. The molecule has 0 saturated carbocycles. The molecule has 0 radical (unpaired) electrons. The molecule has 0 aliphatic carbocycles. The van der Waals surface area contributed by atoms with Crippen molar-refractivity contribution in [2.24, 2.45) is 11.8 Å². The molecule has 0 spiro atoms. The molecule has 0 heterocycles. The van der Waals surface area contributed by atoms with E-state index in [1.54, 1.807) is 0 Å². The number of hydrogen-bond acceptors (Lipinski definition) is 10. The highest BCUT2D eigenvalue weighted by atomic mass is 16.7. The number of nitrogens with two attached hydrogens (primary N) is 2. The average Bonchev–Trinajstić information content (AvgIpc) is 2.42. The first kappa shape index (κ1) is 19.7. The normalized spacial score (nSPS) is 10.5. The summed E-state index contributed by atoms with van der Waals surface area (Å²) in [6.07, 6.45) is 0. The summed E-state index contributed by atoms with van der Waals surface area (Å²) in [7, 11) is 0. The van der Waals surface area contributed by atoms with Gasteiger partial charge in [0.2, 0.25) is 0 Å². The van der Waals surface area contributed by atoms with Crippen LogP contribution in [0.2, 0.25) is 0 Å². The fraction of sp³-hybridized carbons (Fsp3) is 0.600. The highest BCUT2D eigenvalue weighted by Gasteiger charge is 2.19. The van der Waals surface area contributed by atoms with E-state index in [2.05, 4.69) is 21.5 Å². The molecule has 0 aliphatic heterocycles. The van der Waals surface area contributed by atoms with Crippen LogP contribution in [0.5, 0.6) is 0 Å². The minimum Gasteiger partial charge on any atom is -0.480 e. The van der Waals surface area contributed by atoms with Crippen molar-refractivity contribution in [2.75, 3.05) is 39.3 Å². The number of carboxylic acid groups (broad SMARTS) is 2. The second-order valence-corrected chi connectivity index (χ2v) is 4.19. The zero-order valence-corrected chi connectivity index (χ0v) is 11.6. The first-order valence-corrected chi connectivity index (χ1v) is 5.95. The maximum atomic E-state index is 11.1. The maximum absolute atomic E-state index is 11.1. The van der Waals surface area contributed by atoms with Gasteiger partial charge in [-0.3, -0.25) is 19.4 Å². The van der Waals surface area contributed by atoms with E-state index in [9.17, 15) is 19.2 Å². The number of carbonyl (C=O) groups excluding carboxylic acids is 2. The molecule has 6 N–H and O–H groups in total. The van der Waals surface area contributed by atoms with Gasteiger partial charge in [0, 0.05) is 13.1 Å². The lowest BCUT2D eigenvalue weighted by atomic mass is 10.4. The number of carbonyl (C=O) groups is 4. The van der Waals surface area contributed by atoms with E-state index in [0.717, 1.165) is 0 Å². The van der Waals surface area contributed by atoms with E-state index >= 15 is 0 Å². The highest BCUT2D eigenvalue weighted by molar-refractivity contribution is 5.74. The van der Waals surface area contributed by atoms with Gasteiger partial charge < -0.3 is 19.9 Å². The highest BCUT2D eigenvalue weighted by Crippen LogP contribution is 1.95. The molecule has 0 fully saturated rings. The lowest BCUT2D eigenvalue weighted by Crippen LogP contribution is -2.44. The van der Waals surface area contributed by atoms with Crippen molar-refractivity contribution in [2.45, 2.75) is 0 Å². The first-order valence-electron chi connectivity index (χ1n) is 5.95. The quantitative estimate of drug-likeness (QED) is 0.276. The van der Waals surface area contributed by atoms with Crippen molar-refractivity contribution < 1.29 is 39.1 Å². The number of nitrogens with zero attached hydrogens (tertiary/aromatic N) is 2. The van der Waals surface area contributed by atoms with Gasteiger partial charge in [-0.1, -0.05) is 0 Å². The predicted octanol–water partition coefficient (Wildman–Crippen LogP) is -3.41. The van der Waals surface area contributed by atoms with Crippen LogP contribution in [0.3, 0.4) is 0 Å². The molecule has 0 atom stereocenters. The molecule has 0 unspecified atom stereocenters. The van der Waals surface area contributed by atoms with E-state index < -0.39 is 50.1 Å². The molecule has 0 bridgehead atoms. The Morgan fingerprint density at radius 1 is 0.727 bits per heavy atom. The zero-order valence-electron chi connectivity index (χ0n) is 11.6. The molecule has 0 aromatic carbocycles. The summed E-state index contributed by atoms with van der Waals surface area (Å²) in [5.41, 5.74) is 0. The molecule has 12 heteroatoms. The summed E-state index contributed by atoms with van der Waals surface area (Å²) in [4.78, 5) is 53.8. The third-order valence-electron chi connectivity index (χ3n) is 2.42. The molecule has 126 valence electrons. The molecule has 0 aromatic rings. The summed E-state index contributed by atoms with van der Waals surface area (Å²) in [6, 6.07) is 0. The minimum atomic E-state index is -1.20. The zero-order chi connectivity index (χ0) is 17.1. The Balaban J connectivity index is 4.63. The number of hydrogen-bond donors (Lipinski definition) is 4. The maximum Gasteiger partial charge on any atom is 0.338 e. The summed E-state index contributed by atoms with van der Waals surface area (Å²) < 4.78 is 0. The lowest BCUT2D eigenvalue weighted by Gasteiger charge is -2.24. The summed E-state index contributed by atoms with van der Waals surface area (Å²) in [5, 5.41) is 17.5. The van der Waals surface area contributed by atoms with Crippen molar-refractivity contribution in [3.63, 3.8) is 0 Å². The molecule has 0 amide bonds. The van der Waals surface area contributed by atoms with Crippen molar-refractivity contribution in [1.82, 2.24) is 9.80 Å². The van der Waals surface area contributed by atoms with Crippen molar-refractivity contribution in [3.8, 4) is 0 Å². The third kappa shape index (κ3) is 9.60. The van der Waals surface area contributed by atoms with E-state index in [4.69, 9.17) is 10.2 Å². The Hall–Kier alpha value is -2.28. The standard InChI is InChI=1S/C10H18N4O8/c11-21-9(19)5-13(3-7(15)16)1-2-14(4-8(17)18)6-10(20)22-12/h1-6,11-12H2,(H,15,16)(H,17,18). The monoisotopic (exact) mass is 322 g/mol. The second kappa shape index (κ2) is 10.4. The fourth-order valence-corrected chi connectivity index (χ4v) is 1.53. The third-order valence-corrected chi connectivity index (χ3v) is 2.42. The molecule has 12 nitrogen and oxygen atoms in total. The molecular weight excluding hydrogens is 304 g/mol. The van der Waals surface area contributed by atoms with Crippen molar-refractivity contribution in [3.05, 3.63) is 0 Å². The van der Waals surface area contributed by atoms with Crippen LogP contribution in [0.15, 0.2) is 0 Å². The SMILES string of the molecule is NOC(=O)CN(CCN(CC(=O)O)CC(=O)ON)CC(=O)O. The van der Waals surface area contributed by atoms with E-state index in [1.807, 2.05) is 0 Å². The number of rotatable bonds is 11. The smallest absolute Gasteiger partial charge is 0.338 e. The van der Waals surface area contributed by atoms with Crippen LogP contribution >= 0.6 is 0 Å². The fourth-order valence-electron chi connectivity index (χ4n) is 1.53. The van der Waals surface area contributed by atoms with Crippen molar-refractivity contribution in [1.29, 1.82) is 0 Å². The average molecular weight is 322 g/mol. The Labute approximate surface area is 125 Å². The Kier molecular flexibility index (Phi) is 9.36. The van der Waals surface area contributed by atoms with Crippen LogP contribution in [0.25, 0.3) is 0 Å².